The lowest BCUT2D eigenvalue weighted by Gasteiger charge is -2.06. The number of hydrogen-bond donors (Lipinski definition) is 0. The highest BCUT2D eigenvalue weighted by Gasteiger charge is 2.12. The second-order valence-corrected chi connectivity index (χ2v) is 5.55. The van der Waals surface area contributed by atoms with Gasteiger partial charge in [0.2, 0.25) is 0 Å². The van der Waals surface area contributed by atoms with E-state index in [0.717, 1.165) is 14.8 Å². The molecule has 0 radical (unpaired) electrons. The average Bonchev–Trinajstić information content (AvgIpc) is 2.86. The minimum atomic E-state index is -0.353. The summed E-state index contributed by atoms with van der Waals surface area (Å²) in [7, 11) is 3.96. The van der Waals surface area contributed by atoms with E-state index in [4.69, 9.17) is 0 Å². The van der Waals surface area contributed by atoms with Crippen molar-refractivity contribution in [2.45, 2.75) is 0 Å². The zero-order chi connectivity index (χ0) is 11.7. The Morgan fingerprint density at radius 2 is 1.75 bits per heavy atom. The fourth-order valence-corrected chi connectivity index (χ4v) is 3.10. The molecule has 2 rings (SSSR count). The third-order valence-electron chi connectivity index (χ3n) is 2.05. The lowest BCUT2D eigenvalue weighted by molar-refractivity contribution is -0.380. The van der Waals surface area contributed by atoms with Crippen LogP contribution in [0.1, 0.15) is 0 Å². The van der Waals surface area contributed by atoms with Gasteiger partial charge in [-0.1, -0.05) is 11.3 Å². The Bertz CT molecular complexity index is 516. The quantitative estimate of drug-likeness (QED) is 0.622. The van der Waals surface area contributed by atoms with Crippen LogP contribution in [0.5, 0.6) is 0 Å². The fourth-order valence-electron chi connectivity index (χ4n) is 1.26. The van der Waals surface area contributed by atoms with Gasteiger partial charge in [-0.3, -0.25) is 10.1 Å². The van der Waals surface area contributed by atoms with Gasteiger partial charge in [-0.25, -0.2) is 0 Å². The Morgan fingerprint density at radius 1 is 1.12 bits per heavy atom. The van der Waals surface area contributed by atoms with E-state index in [2.05, 4.69) is 0 Å². The average molecular weight is 254 g/mol. The third-order valence-corrected chi connectivity index (χ3v) is 4.53. The number of hydrogen-bond acceptors (Lipinski definition) is 5. The van der Waals surface area contributed by atoms with Crippen molar-refractivity contribution in [2.75, 3.05) is 19.0 Å². The molecule has 0 spiro atoms. The van der Waals surface area contributed by atoms with Gasteiger partial charge in [0.15, 0.2) is 0 Å². The van der Waals surface area contributed by atoms with Gasteiger partial charge in [0.1, 0.15) is 0 Å². The Labute approximate surface area is 101 Å². The van der Waals surface area contributed by atoms with Crippen LogP contribution in [-0.4, -0.2) is 19.0 Å². The van der Waals surface area contributed by atoms with Gasteiger partial charge in [-0.2, -0.15) is 0 Å². The highest BCUT2D eigenvalue weighted by atomic mass is 32.1. The van der Waals surface area contributed by atoms with Crippen LogP contribution in [0.3, 0.4) is 0 Å². The summed E-state index contributed by atoms with van der Waals surface area (Å²) >= 11 is 2.84. The molecule has 2 aromatic heterocycles. The fraction of sp³-hybridized carbons (Fsp3) is 0.200. The van der Waals surface area contributed by atoms with Crippen molar-refractivity contribution in [1.82, 2.24) is 0 Å². The minimum absolute atomic E-state index is 0.190. The molecule has 0 N–H and O–H groups in total. The molecular weight excluding hydrogens is 244 g/mol. The first-order valence-corrected chi connectivity index (χ1v) is 6.23. The molecule has 16 heavy (non-hydrogen) atoms. The van der Waals surface area contributed by atoms with Crippen LogP contribution >= 0.6 is 22.7 Å². The molecule has 0 saturated heterocycles. The summed E-state index contributed by atoms with van der Waals surface area (Å²) in [5.41, 5.74) is 0. The van der Waals surface area contributed by atoms with E-state index in [-0.39, 0.29) is 9.92 Å². The Balaban J connectivity index is 2.31. The van der Waals surface area contributed by atoms with Crippen molar-refractivity contribution in [2.24, 2.45) is 0 Å². The van der Waals surface area contributed by atoms with Crippen LogP contribution in [0.25, 0.3) is 9.75 Å². The molecule has 4 nitrogen and oxygen atoms in total. The zero-order valence-corrected chi connectivity index (χ0v) is 10.5. The van der Waals surface area contributed by atoms with Crippen molar-refractivity contribution < 1.29 is 4.92 Å². The molecule has 0 atom stereocenters. The largest absolute Gasteiger partial charge is 0.370 e. The van der Waals surface area contributed by atoms with Gasteiger partial charge < -0.3 is 4.90 Å². The van der Waals surface area contributed by atoms with Crippen molar-refractivity contribution in [3.8, 4) is 9.75 Å². The zero-order valence-electron chi connectivity index (χ0n) is 8.84. The van der Waals surface area contributed by atoms with Crippen LogP contribution in [0, 0.1) is 10.1 Å². The molecule has 0 aromatic carbocycles. The first-order chi connectivity index (χ1) is 7.58. The van der Waals surface area contributed by atoms with Crippen molar-refractivity contribution >= 4 is 32.7 Å². The van der Waals surface area contributed by atoms with Crippen LogP contribution in [-0.2, 0) is 0 Å². The molecule has 0 aliphatic heterocycles. The van der Waals surface area contributed by atoms with E-state index in [9.17, 15) is 10.1 Å². The smallest absolute Gasteiger partial charge is 0.324 e. The number of nitrogens with zero attached hydrogens (tertiary/aromatic N) is 2. The second kappa shape index (κ2) is 4.23. The molecule has 0 saturated carbocycles. The lowest BCUT2D eigenvalue weighted by atomic mass is 10.4. The van der Waals surface area contributed by atoms with Crippen molar-refractivity contribution in [1.29, 1.82) is 0 Å². The number of anilines is 1. The molecule has 0 unspecified atom stereocenters. The highest BCUT2D eigenvalue weighted by Crippen LogP contribution is 2.38. The second-order valence-electron chi connectivity index (χ2n) is 3.43. The minimum Gasteiger partial charge on any atom is -0.370 e. The maximum atomic E-state index is 10.6. The van der Waals surface area contributed by atoms with E-state index >= 15 is 0 Å². The summed E-state index contributed by atoms with van der Waals surface area (Å²) in [5, 5.41) is 11.9. The number of nitro groups is 1. The molecule has 84 valence electrons. The number of thiophene rings is 2. The van der Waals surface area contributed by atoms with Crippen LogP contribution in [0.15, 0.2) is 24.3 Å². The van der Waals surface area contributed by atoms with Crippen molar-refractivity contribution in [3.05, 3.63) is 34.4 Å². The Hall–Kier alpha value is -1.40. The lowest BCUT2D eigenvalue weighted by Crippen LogP contribution is -2.05. The molecule has 2 heterocycles. The van der Waals surface area contributed by atoms with Gasteiger partial charge >= 0.3 is 5.00 Å². The van der Waals surface area contributed by atoms with Gasteiger partial charge in [0.05, 0.1) is 14.8 Å². The first-order valence-electron chi connectivity index (χ1n) is 4.59. The molecule has 0 amide bonds. The molecule has 0 aliphatic rings. The van der Waals surface area contributed by atoms with E-state index in [1.54, 1.807) is 23.5 Å². The van der Waals surface area contributed by atoms with E-state index in [1.807, 2.05) is 31.1 Å². The van der Waals surface area contributed by atoms with Crippen LogP contribution in [0.4, 0.5) is 10.0 Å². The summed E-state index contributed by atoms with van der Waals surface area (Å²) in [4.78, 5) is 14.3. The summed E-state index contributed by atoms with van der Waals surface area (Å²) < 4.78 is 0. The summed E-state index contributed by atoms with van der Waals surface area (Å²) in [6.45, 7) is 0. The summed E-state index contributed by atoms with van der Waals surface area (Å²) in [6, 6.07) is 7.37. The highest BCUT2D eigenvalue weighted by molar-refractivity contribution is 7.25. The molecule has 0 aliphatic carbocycles. The SMILES string of the molecule is CN(C)c1ccc(-c2ccc([N+](=O)[O-])s2)s1. The third kappa shape index (κ3) is 2.07. The molecule has 0 fully saturated rings. The van der Waals surface area contributed by atoms with Crippen molar-refractivity contribution in [3.63, 3.8) is 0 Å². The van der Waals surface area contributed by atoms with Gasteiger partial charge in [0.25, 0.3) is 0 Å². The predicted molar refractivity (Wildman–Crippen MR) is 68.6 cm³/mol. The van der Waals surface area contributed by atoms with Crippen LogP contribution in [0.2, 0.25) is 0 Å². The topological polar surface area (TPSA) is 46.4 Å². The van der Waals surface area contributed by atoms with Gasteiger partial charge in [0, 0.05) is 25.0 Å². The van der Waals surface area contributed by atoms with E-state index in [0.29, 0.717) is 0 Å². The summed E-state index contributed by atoms with van der Waals surface area (Å²) in [6.07, 6.45) is 0. The van der Waals surface area contributed by atoms with E-state index < -0.39 is 0 Å². The molecular formula is C10H10N2O2S2. The summed E-state index contributed by atoms with van der Waals surface area (Å²) in [5.74, 6) is 0. The Kier molecular flexibility index (Phi) is 2.93. The number of rotatable bonds is 3. The molecule has 6 heteroatoms. The maximum Gasteiger partial charge on any atom is 0.324 e. The van der Waals surface area contributed by atoms with Gasteiger partial charge in [-0.05, 0) is 18.2 Å². The Morgan fingerprint density at radius 3 is 2.25 bits per heavy atom. The monoisotopic (exact) mass is 254 g/mol. The normalized spacial score (nSPS) is 10.4. The first kappa shape index (κ1) is 11.1. The van der Waals surface area contributed by atoms with Crippen LogP contribution < -0.4 is 4.90 Å². The standard InChI is InChI=1S/C10H10N2O2S2/c1-11(2)9-5-3-7(15-9)8-4-6-10(16-8)12(13)14/h3-6H,1-2H3. The predicted octanol–water partition coefficient (Wildman–Crippen LogP) is 3.45. The van der Waals surface area contributed by atoms with Gasteiger partial charge in [-0.15, -0.1) is 11.3 Å². The maximum absolute atomic E-state index is 10.6. The molecule has 2 aromatic rings. The molecule has 0 bridgehead atoms. The van der Waals surface area contributed by atoms with E-state index in [1.165, 1.54) is 11.3 Å².